The van der Waals surface area contributed by atoms with Crippen molar-refractivity contribution in [3.05, 3.63) is 6.42 Å². The Kier molecular flexibility index (Phi) is 12.1. The van der Waals surface area contributed by atoms with E-state index in [4.69, 9.17) is 0 Å². The smallest absolute Gasteiger partial charge is 0.0360 e. The fourth-order valence-electron chi connectivity index (χ4n) is 1.91. The molecule has 0 heterocycles. The van der Waals surface area contributed by atoms with Gasteiger partial charge in [0.25, 0.3) is 0 Å². The van der Waals surface area contributed by atoms with Crippen LogP contribution in [0.25, 0.3) is 0 Å². The molecule has 0 saturated heterocycles. The summed E-state index contributed by atoms with van der Waals surface area (Å²) in [6, 6.07) is 0. The lowest BCUT2D eigenvalue weighted by Crippen LogP contribution is -1.88. The Bertz CT molecular complexity index is 105. The molecule has 0 heteroatoms. The van der Waals surface area contributed by atoms with Gasteiger partial charge in [-0.15, -0.1) is 0 Å². The van der Waals surface area contributed by atoms with Crippen molar-refractivity contribution >= 4 is 0 Å². The molecule has 0 aromatic heterocycles. The monoisotopic (exact) mass is 211 g/mol. The van der Waals surface area contributed by atoms with Gasteiger partial charge in [-0.05, 0) is 18.8 Å². The van der Waals surface area contributed by atoms with Crippen LogP contribution >= 0.6 is 0 Å². The van der Waals surface area contributed by atoms with E-state index in [-0.39, 0.29) is 0 Å². The van der Waals surface area contributed by atoms with Gasteiger partial charge in [0.1, 0.15) is 0 Å². The zero-order chi connectivity index (χ0) is 11.4. The highest BCUT2D eigenvalue weighted by Gasteiger charge is 1.95. The van der Waals surface area contributed by atoms with Crippen molar-refractivity contribution in [1.82, 2.24) is 0 Å². The van der Waals surface area contributed by atoms with Gasteiger partial charge in [0, 0.05) is 0 Å². The largest absolute Gasteiger partial charge is 0.0654 e. The van der Waals surface area contributed by atoms with Crippen LogP contribution in [0.1, 0.15) is 85.0 Å². The van der Waals surface area contributed by atoms with Crippen molar-refractivity contribution in [1.29, 1.82) is 0 Å². The summed E-state index contributed by atoms with van der Waals surface area (Å²) in [6.45, 7) is 6.83. The van der Waals surface area contributed by atoms with E-state index in [1.807, 2.05) is 0 Å². The molecular weight excluding hydrogens is 180 g/mol. The van der Waals surface area contributed by atoms with Crippen LogP contribution < -0.4 is 0 Å². The van der Waals surface area contributed by atoms with E-state index in [2.05, 4.69) is 27.2 Å². The molecule has 0 unspecified atom stereocenters. The van der Waals surface area contributed by atoms with Crippen molar-refractivity contribution in [2.45, 2.75) is 85.0 Å². The maximum Gasteiger partial charge on any atom is -0.0360 e. The average molecular weight is 211 g/mol. The van der Waals surface area contributed by atoms with E-state index in [0.29, 0.717) is 0 Å². The van der Waals surface area contributed by atoms with Gasteiger partial charge < -0.3 is 0 Å². The third-order valence-electron chi connectivity index (χ3n) is 2.95. The maximum absolute atomic E-state index is 2.45. The molecule has 1 radical (unpaired) electrons. The second-order valence-electron chi connectivity index (χ2n) is 5.10. The quantitative estimate of drug-likeness (QED) is 0.381. The molecule has 0 bridgehead atoms. The Labute approximate surface area is 97.8 Å². The number of unbranched alkanes of at least 4 members (excludes halogenated alkanes) is 9. The van der Waals surface area contributed by atoms with Gasteiger partial charge in [0.2, 0.25) is 0 Å². The number of hydrogen-bond donors (Lipinski definition) is 0. The van der Waals surface area contributed by atoms with Gasteiger partial charge in [-0.2, -0.15) is 0 Å². The third kappa shape index (κ3) is 14.0. The molecule has 0 fully saturated rings. The van der Waals surface area contributed by atoms with Crippen LogP contribution in [0.4, 0.5) is 0 Å². The van der Waals surface area contributed by atoms with Gasteiger partial charge >= 0.3 is 0 Å². The van der Waals surface area contributed by atoms with Crippen LogP contribution in [-0.2, 0) is 0 Å². The normalized spacial score (nSPS) is 11.2. The lowest BCUT2D eigenvalue weighted by atomic mass is 10.0. The summed E-state index contributed by atoms with van der Waals surface area (Å²) in [5, 5.41) is 0. The summed E-state index contributed by atoms with van der Waals surface area (Å²) in [7, 11) is 0. The molecule has 0 aliphatic heterocycles. The Morgan fingerprint density at radius 3 is 1.67 bits per heavy atom. The van der Waals surface area contributed by atoms with Crippen molar-refractivity contribution in [3.63, 3.8) is 0 Å². The Hall–Kier alpha value is 0. The van der Waals surface area contributed by atoms with Crippen LogP contribution in [0.5, 0.6) is 0 Å². The molecule has 0 spiro atoms. The molecule has 0 aromatic carbocycles. The van der Waals surface area contributed by atoms with Crippen molar-refractivity contribution in [3.8, 4) is 0 Å². The first kappa shape index (κ1) is 15.0. The molecule has 0 nitrogen and oxygen atoms in total. The lowest BCUT2D eigenvalue weighted by molar-refractivity contribution is 0.556. The van der Waals surface area contributed by atoms with E-state index in [0.717, 1.165) is 5.92 Å². The van der Waals surface area contributed by atoms with Gasteiger partial charge in [0.05, 0.1) is 0 Å². The summed E-state index contributed by atoms with van der Waals surface area (Å²) in [4.78, 5) is 0. The first-order chi connectivity index (χ1) is 7.27. The Morgan fingerprint density at radius 1 is 0.733 bits per heavy atom. The highest BCUT2D eigenvalue weighted by molar-refractivity contribution is 4.67. The zero-order valence-electron chi connectivity index (χ0n) is 11.2. The minimum absolute atomic E-state index is 0.777. The maximum atomic E-state index is 2.45. The summed E-state index contributed by atoms with van der Waals surface area (Å²) < 4.78 is 0. The van der Waals surface area contributed by atoms with Gasteiger partial charge in [-0.3, -0.25) is 0 Å². The second kappa shape index (κ2) is 12.1. The third-order valence-corrected chi connectivity index (χ3v) is 2.95. The predicted octanol–water partition coefficient (Wildman–Crippen LogP) is 5.77. The molecule has 0 saturated carbocycles. The van der Waals surface area contributed by atoms with Gasteiger partial charge in [0.15, 0.2) is 0 Å². The number of rotatable bonds is 11. The van der Waals surface area contributed by atoms with Gasteiger partial charge in [-0.1, -0.05) is 78.6 Å². The van der Waals surface area contributed by atoms with E-state index in [1.165, 1.54) is 64.2 Å². The molecule has 0 N–H and O–H groups in total. The highest BCUT2D eigenvalue weighted by atomic mass is 14.0. The van der Waals surface area contributed by atoms with E-state index in [9.17, 15) is 0 Å². The molecule has 0 amide bonds. The van der Waals surface area contributed by atoms with Crippen LogP contribution in [-0.4, -0.2) is 0 Å². The second-order valence-corrected chi connectivity index (χ2v) is 5.10. The zero-order valence-corrected chi connectivity index (χ0v) is 11.2. The van der Waals surface area contributed by atoms with Crippen molar-refractivity contribution < 1.29 is 0 Å². The standard InChI is InChI=1S/C15H31/c1-4-5-6-7-8-9-10-11-12-13-14-15(2)3/h14-15H,4-13H2,1-3H3. The predicted molar refractivity (Wildman–Crippen MR) is 71.0 cm³/mol. The first-order valence-electron chi connectivity index (χ1n) is 7.10. The fourth-order valence-corrected chi connectivity index (χ4v) is 1.91. The molecule has 15 heavy (non-hydrogen) atoms. The summed E-state index contributed by atoms with van der Waals surface area (Å²) in [5.74, 6) is 0.777. The molecular formula is C15H31. The van der Waals surface area contributed by atoms with E-state index in [1.54, 1.807) is 0 Å². The number of hydrogen-bond acceptors (Lipinski definition) is 0. The first-order valence-corrected chi connectivity index (χ1v) is 7.10. The topological polar surface area (TPSA) is 0 Å². The molecule has 0 aliphatic rings. The minimum atomic E-state index is 0.777. The molecule has 0 aliphatic carbocycles. The summed E-state index contributed by atoms with van der Waals surface area (Å²) >= 11 is 0. The van der Waals surface area contributed by atoms with Crippen LogP contribution in [0.3, 0.4) is 0 Å². The van der Waals surface area contributed by atoms with E-state index >= 15 is 0 Å². The van der Waals surface area contributed by atoms with E-state index < -0.39 is 0 Å². The van der Waals surface area contributed by atoms with Crippen molar-refractivity contribution in [2.75, 3.05) is 0 Å². The van der Waals surface area contributed by atoms with Crippen LogP contribution in [0.2, 0.25) is 0 Å². The summed E-state index contributed by atoms with van der Waals surface area (Å²) in [5.41, 5.74) is 0. The highest BCUT2D eigenvalue weighted by Crippen LogP contribution is 2.12. The minimum Gasteiger partial charge on any atom is -0.0654 e. The lowest BCUT2D eigenvalue weighted by Gasteiger charge is -2.04. The SMILES string of the molecule is CCCCCCCCCCC[CH]C(C)C. The Balaban J connectivity index is 2.87. The average Bonchev–Trinajstić information content (AvgIpc) is 2.20. The van der Waals surface area contributed by atoms with Gasteiger partial charge in [-0.25, -0.2) is 0 Å². The summed E-state index contributed by atoms with van der Waals surface area (Å²) in [6.07, 6.45) is 16.7. The molecule has 0 aromatic rings. The molecule has 91 valence electrons. The van der Waals surface area contributed by atoms with Crippen LogP contribution in [0, 0.1) is 12.3 Å². The Morgan fingerprint density at radius 2 is 1.20 bits per heavy atom. The molecule has 0 rings (SSSR count). The fraction of sp³-hybridized carbons (Fsp3) is 0.933. The van der Waals surface area contributed by atoms with Crippen molar-refractivity contribution in [2.24, 2.45) is 5.92 Å². The molecule has 0 atom stereocenters. The van der Waals surface area contributed by atoms with Crippen LogP contribution in [0.15, 0.2) is 0 Å².